The van der Waals surface area contributed by atoms with Crippen LogP contribution in [-0.2, 0) is 11.3 Å². The van der Waals surface area contributed by atoms with Crippen molar-refractivity contribution in [3.8, 4) is 11.5 Å². The molecule has 7 nitrogen and oxygen atoms in total. The summed E-state index contributed by atoms with van der Waals surface area (Å²) < 4.78 is 29.6. The van der Waals surface area contributed by atoms with Gasteiger partial charge in [-0.3, -0.25) is 9.89 Å². The van der Waals surface area contributed by atoms with Crippen LogP contribution in [0, 0.1) is 5.82 Å². The van der Waals surface area contributed by atoms with E-state index in [2.05, 4.69) is 20.5 Å². The number of halogens is 2. The number of morpholine rings is 1. The van der Waals surface area contributed by atoms with Crippen LogP contribution < -0.4 is 20.1 Å². The molecular formula is C23H32FIN4O3. The Labute approximate surface area is 206 Å². The molecule has 2 N–H and O–H groups in total. The summed E-state index contributed by atoms with van der Waals surface area (Å²) in [6, 6.07) is 12.6. The van der Waals surface area contributed by atoms with E-state index >= 15 is 0 Å². The Bertz CT molecular complexity index is 861. The number of nitrogens with one attached hydrogen (secondary N) is 2. The first-order valence-corrected chi connectivity index (χ1v) is 10.4. The van der Waals surface area contributed by atoms with Gasteiger partial charge in [-0.15, -0.1) is 24.0 Å². The summed E-state index contributed by atoms with van der Waals surface area (Å²) in [6.45, 7) is 4.28. The Morgan fingerprint density at radius 2 is 1.75 bits per heavy atom. The van der Waals surface area contributed by atoms with E-state index in [9.17, 15) is 4.39 Å². The number of hydrogen-bond donors (Lipinski definition) is 2. The van der Waals surface area contributed by atoms with Crippen molar-refractivity contribution in [1.82, 2.24) is 15.5 Å². The minimum Gasteiger partial charge on any atom is -0.493 e. The molecule has 32 heavy (non-hydrogen) atoms. The fourth-order valence-corrected chi connectivity index (χ4v) is 3.62. The number of benzene rings is 2. The molecule has 1 atom stereocenters. The Morgan fingerprint density at radius 1 is 1.06 bits per heavy atom. The fraction of sp³-hybridized carbons (Fsp3) is 0.435. The topological polar surface area (TPSA) is 67.4 Å². The highest BCUT2D eigenvalue weighted by Gasteiger charge is 2.23. The first-order valence-electron chi connectivity index (χ1n) is 10.4. The maximum Gasteiger partial charge on any atom is 0.191 e. The van der Waals surface area contributed by atoms with Crippen molar-refractivity contribution in [2.45, 2.75) is 12.6 Å². The average Bonchev–Trinajstić information content (AvgIpc) is 2.82. The minimum absolute atomic E-state index is 0. The number of ether oxygens (including phenoxy) is 3. The number of hydrogen-bond acceptors (Lipinski definition) is 5. The van der Waals surface area contributed by atoms with Gasteiger partial charge in [0.2, 0.25) is 0 Å². The molecule has 9 heteroatoms. The highest BCUT2D eigenvalue weighted by atomic mass is 127. The predicted molar refractivity (Wildman–Crippen MR) is 135 cm³/mol. The number of methoxy groups -OCH3 is 2. The van der Waals surface area contributed by atoms with Gasteiger partial charge in [0.05, 0.1) is 33.5 Å². The highest BCUT2D eigenvalue weighted by molar-refractivity contribution is 14.0. The van der Waals surface area contributed by atoms with Crippen LogP contribution >= 0.6 is 24.0 Å². The molecule has 3 rings (SSSR count). The standard InChI is InChI=1S/C23H31FN4O3.HI/c1-25-23(26-15-17-4-9-21(29-2)22(14-17)30-3)27-16-20(28-10-12-31-13-11-28)18-5-7-19(24)8-6-18;/h4-9,14,20H,10-13,15-16H2,1-3H3,(H2,25,26,27);1H. The van der Waals surface area contributed by atoms with Crippen LogP contribution in [0.3, 0.4) is 0 Å². The van der Waals surface area contributed by atoms with Crippen molar-refractivity contribution in [1.29, 1.82) is 0 Å². The second-order valence-corrected chi connectivity index (χ2v) is 7.21. The Balaban J connectivity index is 0.00000363. The lowest BCUT2D eigenvalue weighted by molar-refractivity contribution is 0.0170. The lowest BCUT2D eigenvalue weighted by atomic mass is 10.0. The van der Waals surface area contributed by atoms with Crippen LogP contribution in [0.15, 0.2) is 47.5 Å². The molecular weight excluding hydrogens is 526 g/mol. The van der Waals surface area contributed by atoms with Crippen LogP contribution in [0.4, 0.5) is 4.39 Å². The van der Waals surface area contributed by atoms with E-state index in [0.29, 0.717) is 43.8 Å². The molecule has 2 aromatic rings. The van der Waals surface area contributed by atoms with Gasteiger partial charge in [-0.2, -0.15) is 0 Å². The summed E-state index contributed by atoms with van der Waals surface area (Å²) >= 11 is 0. The predicted octanol–water partition coefficient (Wildman–Crippen LogP) is 3.20. The van der Waals surface area contributed by atoms with Gasteiger partial charge in [-0.05, 0) is 35.4 Å². The van der Waals surface area contributed by atoms with Gasteiger partial charge in [-0.25, -0.2) is 4.39 Å². The lowest BCUT2D eigenvalue weighted by Gasteiger charge is -2.35. The van der Waals surface area contributed by atoms with Gasteiger partial charge in [0.25, 0.3) is 0 Å². The zero-order valence-electron chi connectivity index (χ0n) is 18.8. The fourth-order valence-electron chi connectivity index (χ4n) is 3.62. The second kappa shape index (κ2) is 13.4. The summed E-state index contributed by atoms with van der Waals surface area (Å²) in [4.78, 5) is 6.69. The van der Waals surface area contributed by atoms with E-state index in [1.54, 1.807) is 21.3 Å². The Morgan fingerprint density at radius 3 is 2.38 bits per heavy atom. The van der Waals surface area contributed by atoms with Crippen molar-refractivity contribution < 1.29 is 18.6 Å². The lowest BCUT2D eigenvalue weighted by Crippen LogP contribution is -2.46. The highest BCUT2D eigenvalue weighted by Crippen LogP contribution is 2.27. The molecule has 176 valence electrons. The molecule has 1 heterocycles. The van der Waals surface area contributed by atoms with Crippen molar-refractivity contribution in [2.75, 3.05) is 54.1 Å². The molecule has 0 aliphatic carbocycles. The van der Waals surface area contributed by atoms with Crippen molar-refractivity contribution >= 4 is 29.9 Å². The van der Waals surface area contributed by atoms with Crippen molar-refractivity contribution in [2.24, 2.45) is 4.99 Å². The molecule has 1 saturated heterocycles. The third kappa shape index (κ3) is 7.21. The van der Waals surface area contributed by atoms with Gasteiger partial charge in [0.1, 0.15) is 5.82 Å². The number of rotatable bonds is 8. The maximum atomic E-state index is 13.4. The summed E-state index contributed by atoms with van der Waals surface area (Å²) in [5, 5.41) is 6.74. The normalized spacial score (nSPS) is 15.4. The molecule has 0 aromatic heterocycles. The molecule has 0 bridgehead atoms. The summed E-state index contributed by atoms with van der Waals surface area (Å²) in [5.41, 5.74) is 2.11. The largest absolute Gasteiger partial charge is 0.493 e. The van der Waals surface area contributed by atoms with Crippen LogP contribution in [0.25, 0.3) is 0 Å². The van der Waals surface area contributed by atoms with E-state index in [0.717, 1.165) is 24.2 Å². The molecule has 1 aliphatic rings. The molecule has 2 aromatic carbocycles. The first kappa shape index (κ1) is 26.1. The van der Waals surface area contributed by atoms with E-state index in [-0.39, 0.29) is 35.8 Å². The van der Waals surface area contributed by atoms with Gasteiger partial charge >= 0.3 is 0 Å². The maximum absolute atomic E-state index is 13.4. The monoisotopic (exact) mass is 558 g/mol. The van der Waals surface area contributed by atoms with Crippen molar-refractivity contribution in [3.05, 3.63) is 59.4 Å². The third-order valence-electron chi connectivity index (χ3n) is 5.34. The van der Waals surface area contributed by atoms with Crippen LogP contribution in [0.5, 0.6) is 11.5 Å². The molecule has 0 spiro atoms. The Hall–Kier alpha value is -2.11. The zero-order valence-corrected chi connectivity index (χ0v) is 21.1. The summed E-state index contributed by atoms with van der Waals surface area (Å²) in [5.74, 6) is 1.84. The SMILES string of the molecule is CN=C(NCc1ccc(OC)c(OC)c1)NCC(c1ccc(F)cc1)N1CCOCC1.I. The Kier molecular flexibility index (Phi) is 11.0. The van der Waals surface area contributed by atoms with E-state index in [4.69, 9.17) is 14.2 Å². The number of guanidine groups is 1. The molecule has 1 unspecified atom stereocenters. The van der Waals surface area contributed by atoms with Gasteiger partial charge in [0.15, 0.2) is 17.5 Å². The minimum atomic E-state index is -0.232. The number of aliphatic imine (C=N–C) groups is 1. The summed E-state index contributed by atoms with van der Waals surface area (Å²) in [6.07, 6.45) is 0. The van der Waals surface area contributed by atoms with Gasteiger partial charge < -0.3 is 24.8 Å². The first-order chi connectivity index (χ1) is 15.1. The second-order valence-electron chi connectivity index (χ2n) is 7.21. The zero-order chi connectivity index (χ0) is 22.1. The average molecular weight is 558 g/mol. The van der Waals surface area contributed by atoms with E-state index in [1.165, 1.54) is 12.1 Å². The molecule has 1 aliphatic heterocycles. The summed E-state index contributed by atoms with van der Waals surface area (Å²) in [7, 11) is 4.98. The van der Waals surface area contributed by atoms with Crippen molar-refractivity contribution in [3.63, 3.8) is 0 Å². The molecule has 0 saturated carbocycles. The van der Waals surface area contributed by atoms with Crippen LogP contribution in [0.2, 0.25) is 0 Å². The van der Waals surface area contributed by atoms with Crippen LogP contribution in [0.1, 0.15) is 17.2 Å². The smallest absolute Gasteiger partial charge is 0.191 e. The molecule has 0 amide bonds. The van der Waals surface area contributed by atoms with Crippen LogP contribution in [-0.4, -0.2) is 65.0 Å². The third-order valence-corrected chi connectivity index (χ3v) is 5.34. The molecule has 1 fully saturated rings. The van der Waals surface area contributed by atoms with E-state index < -0.39 is 0 Å². The van der Waals surface area contributed by atoms with Gasteiger partial charge in [0, 0.05) is 33.2 Å². The quantitative estimate of drug-likeness (QED) is 0.295. The van der Waals surface area contributed by atoms with Gasteiger partial charge in [-0.1, -0.05) is 18.2 Å². The molecule has 0 radical (unpaired) electrons. The number of nitrogens with zero attached hydrogens (tertiary/aromatic N) is 2. The van der Waals surface area contributed by atoms with E-state index in [1.807, 2.05) is 30.3 Å².